The summed E-state index contributed by atoms with van der Waals surface area (Å²) >= 11 is 0. The largest absolute Gasteiger partial charge is 0.480 e. The number of rotatable bonds is 6. The molecule has 0 aromatic carbocycles. The van der Waals surface area contributed by atoms with Crippen molar-refractivity contribution in [2.75, 3.05) is 72.0 Å². The highest BCUT2D eigenvalue weighted by Gasteiger charge is 2.17. The molecule has 0 saturated carbocycles. The summed E-state index contributed by atoms with van der Waals surface area (Å²) < 4.78 is 31.6. The van der Waals surface area contributed by atoms with E-state index in [0.29, 0.717) is 52.4 Å². The minimum absolute atomic E-state index is 0.0896. The molecule has 1 rings (SSSR count). The lowest BCUT2D eigenvalue weighted by molar-refractivity contribution is -0.140. The molecule has 0 aromatic heterocycles. The number of nitrogens with zero attached hydrogens (tertiary/aromatic N) is 3. The number of aliphatic carboxylic acids is 3. The number of carbonyl (C=O) groups is 3. The normalized spacial score (nSPS) is 18.6. The van der Waals surface area contributed by atoms with Gasteiger partial charge < -0.3 is 20.6 Å². The zero-order chi connectivity index (χ0) is 22.4. The average molecular weight is 444 g/mol. The summed E-state index contributed by atoms with van der Waals surface area (Å²) in [5.41, 5.74) is 0. The molecule has 14 nitrogen and oxygen atoms in total. The maximum Gasteiger partial charge on any atom is 0.394 e. The van der Waals surface area contributed by atoms with Crippen LogP contribution in [0.1, 0.15) is 0 Å². The predicted molar refractivity (Wildman–Crippen MR) is 99.3 cm³/mol. The van der Waals surface area contributed by atoms with Crippen LogP contribution in [0.3, 0.4) is 0 Å². The van der Waals surface area contributed by atoms with E-state index in [1.807, 2.05) is 0 Å². The molecule has 1 saturated heterocycles. The molecule has 0 aromatic rings. The molecular formula is C14H28N4O10S. The Morgan fingerprint density at radius 3 is 1.14 bits per heavy atom. The van der Waals surface area contributed by atoms with Crippen LogP contribution in [0.5, 0.6) is 0 Å². The van der Waals surface area contributed by atoms with Crippen LogP contribution >= 0.6 is 0 Å². The second-order valence-corrected chi connectivity index (χ2v) is 7.10. The predicted octanol–water partition coefficient (Wildman–Crippen LogP) is -2.90. The van der Waals surface area contributed by atoms with Gasteiger partial charge in [-0.2, -0.15) is 8.42 Å². The second-order valence-electron chi connectivity index (χ2n) is 6.21. The van der Waals surface area contributed by atoms with E-state index in [0.717, 1.165) is 0 Å². The van der Waals surface area contributed by atoms with Crippen LogP contribution in [-0.4, -0.2) is 137 Å². The summed E-state index contributed by atoms with van der Waals surface area (Å²) in [4.78, 5) is 38.1. The first kappa shape index (κ1) is 27.1. The van der Waals surface area contributed by atoms with Crippen molar-refractivity contribution >= 4 is 28.3 Å². The van der Waals surface area contributed by atoms with E-state index in [1.54, 1.807) is 14.7 Å². The third kappa shape index (κ3) is 19.2. The maximum atomic E-state index is 11.0. The lowest BCUT2D eigenvalue weighted by atomic mass is 10.3. The van der Waals surface area contributed by atoms with Gasteiger partial charge in [0.1, 0.15) is 0 Å². The molecule has 0 amide bonds. The van der Waals surface area contributed by atoms with Crippen LogP contribution < -0.4 is 5.32 Å². The quantitative estimate of drug-likeness (QED) is 0.227. The first-order chi connectivity index (χ1) is 13.4. The van der Waals surface area contributed by atoms with E-state index >= 15 is 0 Å². The molecule has 1 aliphatic heterocycles. The Hall–Kier alpha value is -1.88. The van der Waals surface area contributed by atoms with Crippen molar-refractivity contribution in [2.45, 2.75) is 0 Å². The molecule has 0 radical (unpaired) electrons. The van der Waals surface area contributed by atoms with Crippen molar-refractivity contribution in [1.82, 2.24) is 20.0 Å². The molecule has 0 bridgehead atoms. The van der Waals surface area contributed by atoms with Crippen LogP contribution in [0, 0.1) is 0 Å². The third-order valence-electron chi connectivity index (χ3n) is 3.75. The zero-order valence-corrected chi connectivity index (χ0v) is 16.6. The smallest absolute Gasteiger partial charge is 0.394 e. The summed E-state index contributed by atoms with van der Waals surface area (Å²) in [6.45, 7) is 3.64. The number of hydrogen-bond acceptors (Lipinski definition) is 9. The van der Waals surface area contributed by atoms with Crippen LogP contribution in [0.25, 0.3) is 0 Å². The van der Waals surface area contributed by atoms with Gasteiger partial charge in [-0.1, -0.05) is 0 Å². The SMILES string of the molecule is O=C(O)CN1CCNCCN(CC(=O)O)CCN(CC(=O)O)CC1.O=S(=O)(O)O. The van der Waals surface area contributed by atoms with Crippen molar-refractivity contribution < 1.29 is 47.2 Å². The van der Waals surface area contributed by atoms with E-state index in [4.69, 9.17) is 32.8 Å². The molecule has 15 heteroatoms. The summed E-state index contributed by atoms with van der Waals surface area (Å²) in [5, 5.41) is 30.1. The van der Waals surface area contributed by atoms with E-state index in [1.165, 1.54) is 0 Å². The average Bonchev–Trinajstić information content (AvgIpc) is 2.51. The van der Waals surface area contributed by atoms with Gasteiger partial charge in [0, 0.05) is 52.4 Å². The van der Waals surface area contributed by atoms with E-state index in [2.05, 4.69) is 5.32 Å². The van der Waals surface area contributed by atoms with Crippen molar-refractivity contribution in [2.24, 2.45) is 0 Å². The Kier molecular flexibility index (Phi) is 13.2. The second kappa shape index (κ2) is 14.2. The van der Waals surface area contributed by atoms with E-state index in [-0.39, 0.29) is 19.6 Å². The molecule has 0 aliphatic carbocycles. The van der Waals surface area contributed by atoms with Gasteiger partial charge in [0.25, 0.3) is 0 Å². The van der Waals surface area contributed by atoms with Gasteiger partial charge in [-0.25, -0.2) is 0 Å². The minimum Gasteiger partial charge on any atom is -0.480 e. The first-order valence-corrected chi connectivity index (χ1v) is 9.99. The monoisotopic (exact) mass is 444 g/mol. The van der Waals surface area contributed by atoms with Crippen LogP contribution in [-0.2, 0) is 24.8 Å². The lowest BCUT2D eigenvalue weighted by Gasteiger charge is -2.29. The van der Waals surface area contributed by atoms with Crippen molar-refractivity contribution in [3.63, 3.8) is 0 Å². The summed E-state index contributed by atoms with van der Waals surface area (Å²) in [7, 11) is -4.67. The maximum absolute atomic E-state index is 11.0. The molecule has 1 heterocycles. The molecule has 6 N–H and O–H groups in total. The fourth-order valence-corrected chi connectivity index (χ4v) is 2.55. The number of nitrogens with one attached hydrogen (secondary N) is 1. The van der Waals surface area contributed by atoms with E-state index < -0.39 is 28.3 Å². The summed E-state index contributed by atoms with van der Waals surface area (Å²) in [6, 6.07) is 0. The highest BCUT2D eigenvalue weighted by molar-refractivity contribution is 7.79. The zero-order valence-electron chi connectivity index (χ0n) is 15.8. The van der Waals surface area contributed by atoms with Crippen LogP contribution in [0.15, 0.2) is 0 Å². The van der Waals surface area contributed by atoms with Gasteiger partial charge in [0.05, 0.1) is 19.6 Å². The summed E-state index contributed by atoms with van der Waals surface area (Å²) in [6.07, 6.45) is 0. The highest BCUT2D eigenvalue weighted by Crippen LogP contribution is 1.97. The Morgan fingerprint density at radius 2 is 0.897 bits per heavy atom. The first-order valence-electron chi connectivity index (χ1n) is 8.60. The van der Waals surface area contributed by atoms with Gasteiger partial charge in [0.15, 0.2) is 0 Å². The van der Waals surface area contributed by atoms with Gasteiger partial charge >= 0.3 is 28.3 Å². The van der Waals surface area contributed by atoms with Gasteiger partial charge in [-0.15, -0.1) is 0 Å². The molecule has 1 aliphatic rings. The van der Waals surface area contributed by atoms with Crippen LogP contribution in [0.4, 0.5) is 0 Å². The molecule has 1 fully saturated rings. The van der Waals surface area contributed by atoms with Gasteiger partial charge in [-0.05, 0) is 0 Å². The lowest BCUT2D eigenvalue weighted by Crippen LogP contribution is -2.47. The fraction of sp³-hybridized carbons (Fsp3) is 0.786. The number of carboxylic acids is 3. The Balaban J connectivity index is 0.00000139. The number of carboxylic acid groups (broad SMARTS) is 3. The van der Waals surface area contributed by atoms with Crippen molar-refractivity contribution in [3.05, 3.63) is 0 Å². The van der Waals surface area contributed by atoms with Gasteiger partial charge in [-0.3, -0.25) is 38.2 Å². The Bertz CT molecular complexity index is 592. The third-order valence-corrected chi connectivity index (χ3v) is 3.75. The molecule has 0 atom stereocenters. The van der Waals surface area contributed by atoms with Crippen LogP contribution in [0.2, 0.25) is 0 Å². The topological polar surface area (TPSA) is 208 Å². The number of hydrogen-bond donors (Lipinski definition) is 6. The molecular weight excluding hydrogens is 416 g/mol. The van der Waals surface area contributed by atoms with Gasteiger partial charge in [0.2, 0.25) is 0 Å². The Labute approximate surface area is 168 Å². The molecule has 0 spiro atoms. The molecule has 29 heavy (non-hydrogen) atoms. The Morgan fingerprint density at radius 1 is 0.655 bits per heavy atom. The highest BCUT2D eigenvalue weighted by atomic mass is 32.3. The molecule has 0 unspecified atom stereocenters. The standard InChI is InChI=1S/C14H26N4O6.H2O4S/c19-12(20)9-16-3-1-15-2-4-17(10-13(21)22)6-8-18(7-5-16)11-14(23)24;1-5(2,3)4/h15H,1-11H2,(H,19,20)(H,21,22)(H,23,24);(H2,1,2,3,4). The fourth-order valence-electron chi connectivity index (χ4n) is 2.55. The van der Waals surface area contributed by atoms with Crippen molar-refractivity contribution in [3.8, 4) is 0 Å². The minimum atomic E-state index is -4.67. The summed E-state index contributed by atoms with van der Waals surface area (Å²) in [5.74, 6) is -2.79. The molecule has 170 valence electrons. The van der Waals surface area contributed by atoms with Crippen molar-refractivity contribution in [1.29, 1.82) is 0 Å². The van der Waals surface area contributed by atoms with E-state index in [9.17, 15) is 14.4 Å².